The maximum atomic E-state index is 11.4. The van der Waals surface area contributed by atoms with Crippen molar-refractivity contribution in [2.24, 2.45) is 29.0 Å². The number of unbranched alkanes of at least 4 members (excludes halogenated alkanes) is 5. The summed E-state index contributed by atoms with van der Waals surface area (Å²) >= 11 is 0. The highest BCUT2D eigenvalue weighted by molar-refractivity contribution is 5.85. The number of hydrogen-bond donors (Lipinski definition) is 3. The van der Waals surface area contributed by atoms with Gasteiger partial charge in [0.25, 0.3) is 0 Å². The summed E-state index contributed by atoms with van der Waals surface area (Å²) in [5.41, 5.74) is 16.8. The molecule has 0 aliphatic rings. The summed E-state index contributed by atoms with van der Waals surface area (Å²) in [6.07, 6.45) is 9.56. The highest BCUT2D eigenvalue weighted by Gasteiger charge is 2.16. The first-order valence-electron chi connectivity index (χ1n) is 10.5. The van der Waals surface area contributed by atoms with Crippen molar-refractivity contribution in [3.8, 4) is 0 Å². The molecule has 0 rings (SSSR count). The lowest BCUT2D eigenvalue weighted by Crippen LogP contribution is -2.33. The molecule has 0 saturated heterocycles. The minimum absolute atomic E-state index is 0. The third kappa shape index (κ3) is 18.4. The van der Waals surface area contributed by atoms with Crippen molar-refractivity contribution in [1.29, 1.82) is 0 Å². The number of nitrogens with two attached hydrogens (primary N) is 3. The van der Waals surface area contributed by atoms with Crippen LogP contribution in [0.25, 0.3) is 0 Å². The van der Waals surface area contributed by atoms with Crippen LogP contribution in [0.15, 0.2) is 0 Å². The van der Waals surface area contributed by atoms with E-state index >= 15 is 0 Å². The fraction of sp³-hybridized carbons (Fsp3) is 0.909. The van der Waals surface area contributed by atoms with E-state index in [2.05, 4.69) is 6.92 Å². The summed E-state index contributed by atoms with van der Waals surface area (Å²) in [5, 5.41) is 0. The van der Waals surface area contributed by atoms with Crippen molar-refractivity contribution >= 4 is 11.6 Å². The first-order chi connectivity index (χ1) is 12.2. The van der Waals surface area contributed by atoms with Crippen LogP contribution >= 0.6 is 0 Å². The van der Waals surface area contributed by atoms with Gasteiger partial charge in [0.15, 0.2) is 11.6 Å². The van der Waals surface area contributed by atoms with Crippen LogP contribution < -0.4 is 17.2 Å². The number of ketones is 2. The standard InChI is InChI=1S/C11H23NO.C10H22N2O.CH4/c1-4-5-6-7-8-10(12)11(13)9(2)3;1-8(2)10(13)9(12)6-4-3-5-7-11;/h9-10H,4-8,12H2,1-3H3;8-9H,3-7,11-12H2,1-2H3;1H4/t10-;9-;/m10./s1. The Balaban J connectivity index is -0.000000411. The molecular formula is C22H49N3O2. The molecule has 0 unspecified atom stereocenters. The van der Waals surface area contributed by atoms with Gasteiger partial charge in [-0.3, -0.25) is 9.59 Å². The monoisotopic (exact) mass is 387 g/mol. The Kier molecular flexibility index (Phi) is 22.9. The number of carbonyl (C=O) groups excluding carboxylic acids is 2. The molecule has 0 fully saturated rings. The molecule has 2 atom stereocenters. The van der Waals surface area contributed by atoms with Crippen LogP contribution in [0.1, 0.15) is 99.8 Å². The van der Waals surface area contributed by atoms with Crippen molar-refractivity contribution in [2.75, 3.05) is 6.54 Å². The molecule has 6 N–H and O–H groups in total. The molecular weight excluding hydrogens is 338 g/mol. The zero-order valence-corrected chi connectivity index (χ0v) is 17.9. The molecule has 5 nitrogen and oxygen atoms in total. The zero-order valence-electron chi connectivity index (χ0n) is 17.9. The Hall–Kier alpha value is -0.780. The van der Waals surface area contributed by atoms with Crippen molar-refractivity contribution in [3.63, 3.8) is 0 Å². The Morgan fingerprint density at radius 1 is 0.704 bits per heavy atom. The summed E-state index contributed by atoms with van der Waals surface area (Å²) in [4.78, 5) is 22.7. The highest BCUT2D eigenvalue weighted by atomic mass is 16.1. The Labute approximate surface area is 169 Å². The highest BCUT2D eigenvalue weighted by Crippen LogP contribution is 2.08. The van der Waals surface area contributed by atoms with Crippen LogP contribution in [-0.4, -0.2) is 30.2 Å². The molecule has 0 amide bonds. The molecule has 27 heavy (non-hydrogen) atoms. The second-order valence-corrected chi connectivity index (χ2v) is 7.81. The van der Waals surface area contributed by atoms with Gasteiger partial charge >= 0.3 is 0 Å². The fourth-order valence-electron chi connectivity index (χ4n) is 2.62. The molecule has 0 aromatic carbocycles. The van der Waals surface area contributed by atoms with Gasteiger partial charge in [-0.2, -0.15) is 0 Å². The van der Waals surface area contributed by atoms with E-state index in [0.29, 0.717) is 0 Å². The third-order valence-corrected chi connectivity index (χ3v) is 4.46. The molecule has 0 heterocycles. The van der Waals surface area contributed by atoms with E-state index in [9.17, 15) is 9.59 Å². The van der Waals surface area contributed by atoms with Gasteiger partial charge < -0.3 is 17.2 Å². The van der Waals surface area contributed by atoms with E-state index in [-0.39, 0.29) is 42.9 Å². The molecule has 0 bridgehead atoms. The average molecular weight is 388 g/mol. The zero-order chi connectivity index (χ0) is 20.5. The largest absolute Gasteiger partial charge is 0.330 e. The smallest absolute Gasteiger partial charge is 0.152 e. The second kappa shape index (κ2) is 20.0. The fourth-order valence-corrected chi connectivity index (χ4v) is 2.62. The maximum Gasteiger partial charge on any atom is 0.152 e. The molecule has 0 aliphatic carbocycles. The molecule has 0 aromatic rings. The van der Waals surface area contributed by atoms with Crippen molar-refractivity contribution in [1.82, 2.24) is 0 Å². The van der Waals surface area contributed by atoms with Gasteiger partial charge in [-0.05, 0) is 25.8 Å². The van der Waals surface area contributed by atoms with E-state index < -0.39 is 0 Å². The van der Waals surface area contributed by atoms with Crippen molar-refractivity contribution in [3.05, 3.63) is 0 Å². The first-order valence-corrected chi connectivity index (χ1v) is 10.5. The number of hydrogen-bond acceptors (Lipinski definition) is 5. The lowest BCUT2D eigenvalue weighted by molar-refractivity contribution is -0.124. The van der Waals surface area contributed by atoms with E-state index in [1.165, 1.54) is 19.3 Å². The normalized spacial score (nSPS) is 12.8. The Bertz CT molecular complexity index is 323. The molecule has 0 saturated carbocycles. The quantitative estimate of drug-likeness (QED) is 0.387. The molecule has 0 radical (unpaired) electrons. The molecule has 0 spiro atoms. The van der Waals surface area contributed by atoms with E-state index in [1.807, 2.05) is 27.7 Å². The molecule has 0 aromatic heterocycles. The van der Waals surface area contributed by atoms with Crippen LogP contribution in [0.5, 0.6) is 0 Å². The lowest BCUT2D eigenvalue weighted by atomic mass is 9.97. The van der Waals surface area contributed by atoms with Gasteiger partial charge in [-0.15, -0.1) is 0 Å². The number of rotatable bonds is 14. The third-order valence-electron chi connectivity index (χ3n) is 4.46. The van der Waals surface area contributed by atoms with Gasteiger partial charge in [0.05, 0.1) is 12.1 Å². The van der Waals surface area contributed by atoms with Gasteiger partial charge in [-0.1, -0.05) is 80.6 Å². The number of Topliss-reactive ketones (excluding diaryl/α,β-unsaturated/α-hetero) is 2. The summed E-state index contributed by atoms with van der Waals surface area (Å²) in [6, 6.07) is -0.491. The van der Waals surface area contributed by atoms with Crippen LogP contribution in [-0.2, 0) is 9.59 Å². The summed E-state index contributed by atoms with van der Waals surface area (Å²) in [7, 11) is 0. The molecule has 0 aliphatic heterocycles. The topological polar surface area (TPSA) is 112 Å². The summed E-state index contributed by atoms with van der Waals surface area (Å²) < 4.78 is 0. The SMILES string of the molecule is C.CC(C)C(=O)[C@@H](N)CCCCCN.CCCCCC[C@@H](N)C(=O)C(C)C. The van der Waals surface area contributed by atoms with Crippen LogP contribution in [0.3, 0.4) is 0 Å². The minimum Gasteiger partial charge on any atom is -0.330 e. The average Bonchev–Trinajstić information content (AvgIpc) is 2.61. The maximum absolute atomic E-state index is 11.4. The number of carbonyl (C=O) groups is 2. The van der Waals surface area contributed by atoms with Gasteiger partial charge in [-0.25, -0.2) is 0 Å². The Morgan fingerprint density at radius 3 is 1.37 bits per heavy atom. The first kappa shape index (κ1) is 30.9. The summed E-state index contributed by atoms with van der Waals surface area (Å²) in [6.45, 7) is 10.5. The minimum atomic E-state index is -0.266. The predicted molar refractivity (Wildman–Crippen MR) is 119 cm³/mol. The van der Waals surface area contributed by atoms with E-state index in [1.54, 1.807) is 0 Å². The lowest BCUT2D eigenvalue weighted by Gasteiger charge is -2.12. The van der Waals surface area contributed by atoms with E-state index in [4.69, 9.17) is 17.2 Å². The molecule has 164 valence electrons. The van der Waals surface area contributed by atoms with Crippen molar-refractivity contribution < 1.29 is 9.59 Å². The van der Waals surface area contributed by atoms with Crippen LogP contribution in [0.2, 0.25) is 0 Å². The van der Waals surface area contributed by atoms with Gasteiger partial charge in [0, 0.05) is 11.8 Å². The second-order valence-electron chi connectivity index (χ2n) is 7.81. The Morgan fingerprint density at radius 2 is 1.07 bits per heavy atom. The van der Waals surface area contributed by atoms with Crippen LogP contribution in [0, 0.1) is 11.8 Å². The van der Waals surface area contributed by atoms with E-state index in [0.717, 1.165) is 45.1 Å². The van der Waals surface area contributed by atoms with Crippen molar-refractivity contribution in [2.45, 2.75) is 112 Å². The summed E-state index contributed by atoms with van der Waals surface area (Å²) in [5.74, 6) is 0.523. The predicted octanol–water partition coefficient (Wildman–Crippen LogP) is 4.20. The molecule has 5 heteroatoms. The van der Waals surface area contributed by atoms with Gasteiger partial charge in [0.2, 0.25) is 0 Å². The van der Waals surface area contributed by atoms with Crippen LogP contribution in [0.4, 0.5) is 0 Å². The van der Waals surface area contributed by atoms with Gasteiger partial charge in [0.1, 0.15) is 0 Å².